The number of nitrogens with zero attached hydrogens (tertiary/aromatic N) is 1. The van der Waals surface area contributed by atoms with Crippen molar-refractivity contribution in [2.45, 2.75) is 26.2 Å². The van der Waals surface area contributed by atoms with Crippen LogP contribution in [0.4, 0.5) is 5.69 Å². The standard InChI is InChI=1S/C27H24Cl2N2O3/c1-4-16(2)18-7-11-24-23(14-18)31-27(34-24)17-5-9-21(10-6-17)30-25(32)12-8-19-13-20(28)15-22(29)26(19)33-3/h5-16H,4H2,1-3H3,(H,30,32)/b12-8+. The second-order valence-corrected chi connectivity index (χ2v) is 8.81. The van der Waals surface area contributed by atoms with Crippen LogP contribution in [-0.2, 0) is 4.79 Å². The molecule has 1 N–H and O–H groups in total. The van der Waals surface area contributed by atoms with Crippen molar-refractivity contribution in [1.29, 1.82) is 0 Å². The first kappa shape index (κ1) is 23.9. The molecule has 34 heavy (non-hydrogen) atoms. The van der Waals surface area contributed by atoms with E-state index in [1.165, 1.54) is 18.7 Å². The van der Waals surface area contributed by atoms with Crippen molar-refractivity contribution in [2.75, 3.05) is 12.4 Å². The highest BCUT2D eigenvalue weighted by Gasteiger charge is 2.12. The molecular weight excluding hydrogens is 471 g/mol. The first-order valence-electron chi connectivity index (χ1n) is 10.9. The van der Waals surface area contributed by atoms with Gasteiger partial charge in [-0.3, -0.25) is 4.79 Å². The molecule has 0 saturated heterocycles. The minimum atomic E-state index is -0.301. The van der Waals surface area contributed by atoms with E-state index in [4.69, 9.17) is 32.4 Å². The molecule has 174 valence electrons. The number of amides is 1. The van der Waals surface area contributed by atoms with Gasteiger partial charge in [-0.15, -0.1) is 0 Å². The fourth-order valence-corrected chi connectivity index (χ4v) is 4.16. The molecule has 0 spiro atoms. The molecule has 5 nitrogen and oxygen atoms in total. The van der Waals surface area contributed by atoms with E-state index in [1.807, 2.05) is 18.2 Å². The van der Waals surface area contributed by atoms with Crippen LogP contribution < -0.4 is 10.1 Å². The number of fused-ring (bicyclic) bond motifs is 1. The number of carbonyl (C=O) groups is 1. The fourth-order valence-electron chi connectivity index (χ4n) is 3.58. The molecule has 0 aliphatic carbocycles. The molecule has 7 heteroatoms. The molecular formula is C27H24Cl2N2O3. The molecule has 1 heterocycles. The number of anilines is 1. The zero-order valence-corrected chi connectivity index (χ0v) is 20.6. The van der Waals surface area contributed by atoms with Crippen LogP contribution >= 0.6 is 23.2 Å². The SMILES string of the molecule is CCC(C)c1ccc2oc(-c3ccc(NC(=O)/C=C/c4cc(Cl)cc(Cl)c4OC)cc3)nc2c1. The van der Waals surface area contributed by atoms with Gasteiger partial charge in [-0.05, 0) is 72.5 Å². The summed E-state index contributed by atoms with van der Waals surface area (Å²) in [6.07, 6.45) is 4.07. The largest absolute Gasteiger partial charge is 0.495 e. The van der Waals surface area contributed by atoms with E-state index in [0.717, 1.165) is 23.1 Å². The summed E-state index contributed by atoms with van der Waals surface area (Å²) in [6, 6.07) is 16.7. The highest BCUT2D eigenvalue weighted by atomic mass is 35.5. The Morgan fingerprint density at radius 1 is 1.15 bits per heavy atom. The van der Waals surface area contributed by atoms with Crippen molar-refractivity contribution in [3.63, 3.8) is 0 Å². The predicted octanol–water partition coefficient (Wildman–Crippen LogP) is 7.98. The zero-order valence-electron chi connectivity index (χ0n) is 19.1. The topological polar surface area (TPSA) is 64.4 Å². The van der Waals surface area contributed by atoms with Crippen LogP contribution in [0, 0.1) is 0 Å². The van der Waals surface area contributed by atoms with E-state index in [-0.39, 0.29) is 5.91 Å². The molecule has 0 fully saturated rings. The van der Waals surface area contributed by atoms with Gasteiger partial charge in [-0.2, -0.15) is 0 Å². The van der Waals surface area contributed by atoms with Crippen molar-refractivity contribution in [1.82, 2.24) is 4.98 Å². The van der Waals surface area contributed by atoms with Crippen molar-refractivity contribution >= 4 is 52.0 Å². The van der Waals surface area contributed by atoms with Gasteiger partial charge < -0.3 is 14.5 Å². The molecule has 4 rings (SSSR count). The Hall–Kier alpha value is -3.28. The average molecular weight is 495 g/mol. The van der Waals surface area contributed by atoms with Crippen LogP contribution in [0.2, 0.25) is 10.0 Å². The Bertz CT molecular complexity index is 1360. The Morgan fingerprint density at radius 2 is 1.91 bits per heavy atom. The number of benzene rings is 3. The summed E-state index contributed by atoms with van der Waals surface area (Å²) in [5, 5.41) is 3.66. The molecule has 0 radical (unpaired) electrons. The van der Waals surface area contributed by atoms with E-state index < -0.39 is 0 Å². The summed E-state index contributed by atoms with van der Waals surface area (Å²) in [5.74, 6) is 1.16. The number of ether oxygens (including phenoxy) is 1. The van der Waals surface area contributed by atoms with Crippen LogP contribution in [0.5, 0.6) is 5.75 Å². The minimum Gasteiger partial charge on any atom is -0.495 e. The minimum absolute atomic E-state index is 0.301. The number of rotatable bonds is 7. The first-order valence-corrected chi connectivity index (χ1v) is 11.7. The maximum Gasteiger partial charge on any atom is 0.248 e. The predicted molar refractivity (Wildman–Crippen MR) is 139 cm³/mol. The zero-order chi connectivity index (χ0) is 24.2. The van der Waals surface area contributed by atoms with E-state index >= 15 is 0 Å². The number of methoxy groups -OCH3 is 1. The molecule has 0 aliphatic heterocycles. The van der Waals surface area contributed by atoms with Crippen LogP contribution in [0.15, 0.2) is 65.1 Å². The highest BCUT2D eigenvalue weighted by molar-refractivity contribution is 6.36. The summed E-state index contributed by atoms with van der Waals surface area (Å²) in [5.41, 5.74) is 4.92. The highest BCUT2D eigenvalue weighted by Crippen LogP contribution is 2.33. The smallest absolute Gasteiger partial charge is 0.248 e. The third-order valence-corrected chi connectivity index (χ3v) is 6.15. The summed E-state index contributed by atoms with van der Waals surface area (Å²) in [6.45, 7) is 4.37. The molecule has 1 atom stereocenters. The van der Waals surface area contributed by atoms with Gasteiger partial charge in [0.25, 0.3) is 0 Å². The normalized spacial score (nSPS) is 12.3. The third kappa shape index (κ3) is 5.27. The van der Waals surface area contributed by atoms with Crippen molar-refractivity contribution in [3.8, 4) is 17.2 Å². The van der Waals surface area contributed by atoms with E-state index in [1.54, 1.807) is 30.3 Å². The molecule has 1 amide bonds. The number of halogens is 2. The van der Waals surface area contributed by atoms with Gasteiger partial charge in [0.1, 0.15) is 11.3 Å². The molecule has 0 aliphatic rings. The maximum absolute atomic E-state index is 12.4. The van der Waals surface area contributed by atoms with Gasteiger partial charge in [0, 0.05) is 27.9 Å². The summed E-state index contributed by atoms with van der Waals surface area (Å²) in [4.78, 5) is 17.0. The summed E-state index contributed by atoms with van der Waals surface area (Å²) >= 11 is 12.2. The van der Waals surface area contributed by atoms with E-state index in [0.29, 0.717) is 38.9 Å². The number of hydrogen-bond donors (Lipinski definition) is 1. The first-order chi connectivity index (χ1) is 16.4. The van der Waals surface area contributed by atoms with Gasteiger partial charge >= 0.3 is 0 Å². The molecule has 1 aromatic heterocycles. The average Bonchev–Trinajstić information content (AvgIpc) is 3.26. The molecule has 3 aromatic carbocycles. The van der Waals surface area contributed by atoms with Gasteiger partial charge in [-0.25, -0.2) is 4.98 Å². The summed E-state index contributed by atoms with van der Waals surface area (Å²) in [7, 11) is 1.51. The van der Waals surface area contributed by atoms with Crippen molar-refractivity contribution in [2.24, 2.45) is 0 Å². The van der Waals surface area contributed by atoms with Crippen LogP contribution in [0.25, 0.3) is 28.6 Å². The quantitative estimate of drug-likeness (QED) is 0.264. The number of carbonyl (C=O) groups excluding carboxylic acids is 1. The second kappa shape index (κ2) is 10.3. The van der Waals surface area contributed by atoms with Gasteiger partial charge in [0.2, 0.25) is 11.8 Å². The Balaban J connectivity index is 1.47. The fraction of sp³-hybridized carbons (Fsp3) is 0.185. The van der Waals surface area contributed by atoms with E-state index in [9.17, 15) is 4.79 Å². The van der Waals surface area contributed by atoms with Crippen LogP contribution in [-0.4, -0.2) is 18.0 Å². The lowest BCUT2D eigenvalue weighted by atomic mass is 9.98. The Morgan fingerprint density at radius 3 is 2.62 bits per heavy atom. The van der Waals surface area contributed by atoms with Crippen LogP contribution in [0.3, 0.4) is 0 Å². The summed E-state index contributed by atoms with van der Waals surface area (Å²) < 4.78 is 11.2. The molecule has 0 saturated carbocycles. The lowest BCUT2D eigenvalue weighted by Crippen LogP contribution is -2.07. The molecule has 1 unspecified atom stereocenters. The van der Waals surface area contributed by atoms with Crippen molar-refractivity contribution in [3.05, 3.63) is 81.8 Å². The second-order valence-electron chi connectivity index (χ2n) is 7.97. The van der Waals surface area contributed by atoms with Gasteiger partial charge in [0.05, 0.1) is 12.1 Å². The third-order valence-electron chi connectivity index (χ3n) is 5.65. The van der Waals surface area contributed by atoms with E-state index in [2.05, 4.69) is 36.3 Å². The molecule has 0 bridgehead atoms. The lowest BCUT2D eigenvalue weighted by Gasteiger charge is -2.08. The van der Waals surface area contributed by atoms with Crippen LogP contribution in [0.1, 0.15) is 37.3 Å². The van der Waals surface area contributed by atoms with Crippen molar-refractivity contribution < 1.29 is 13.9 Å². The number of nitrogens with one attached hydrogen (secondary N) is 1. The lowest BCUT2D eigenvalue weighted by molar-refractivity contribution is -0.111. The maximum atomic E-state index is 12.4. The monoisotopic (exact) mass is 494 g/mol. The molecule has 4 aromatic rings. The number of oxazole rings is 1. The number of aromatic nitrogens is 1. The number of hydrogen-bond acceptors (Lipinski definition) is 4. The Labute approximate surface area is 208 Å². The van der Waals surface area contributed by atoms with Gasteiger partial charge in [-0.1, -0.05) is 43.1 Å². The van der Waals surface area contributed by atoms with Gasteiger partial charge in [0.15, 0.2) is 5.58 Å². The Kier molecular flexibility index (Phi) is 7.25.